The van der Waals surface area contributed by atoms with Crippen molar-refractivity contribution in [1.82, 2.24) is 9.78 Å². The summed E-state index contributed by atoms with van der Waals surface area (Å²) >= 11 is 3.52. The first-order valence-electron chi connectivity index (χ1n) is 6.76. The van der Waals surface area contributed by atoms with Gasteiger partial charge < -0.3 is 9.73 Å². The quantitative estimate of drug-likeness (QED) is 0.769. The molecule has 0 bridgehead atoms. The van der Waals surface area contributed by atoms with Crippen LogP contribution in [0.2, 0.25) is 0 Å². The highest BCUT2D eigenvalue weighted by molar-refractivity contribution is 9.10. The summed E-state index contributed by atoms with van der Waals surface area (Å²) in [5.74, 6) is 1.02. The van der Waals surface area contributed by atoms with Gasteiger partial charge in [0, 0.05) is 10.5 Å². The summed E-state index contributed by atoms with van der Waals surface area (Å²) in [5.41, 5.74) is 1.61. The SMILES string of the molecule is Cc1occc1C(=O)Nc1ccnn1Cc1ccccc1Br. The molecule has 0 radical (unpaired) electrons. The number of hydrogen-bond acceptors (Lipinski definition) is 3. The third kappa shape index (κ3) is 2.96. The van der Waals surface area contributed by atoms with E-state index in [4.69, 9.17) is 4.42 Å². The fourth-order valence-electron chi connectivity index (χ4n) is 2.16. The molecule has 0 spiro atoms. The number of aromatic nitrogens is 2. The molecule has 0 aliphatic heterocycles. The van der Waals surface area contributed by atoms with E-state index in [1.807, 2.05) is 24.3 Å². The van der Waals surface area contributed by atoms with E-state index in [-0.39, 0.29) is 5.91 Å². The Hall–Kier alpha value is -2.34. The van der Waals surface area contributed by atoms with Crippen LogP contribution in [0.3, 0.4) is 0 Å². The van der Waals surface area contributed by atoms with Crippen molar-refractivity contribution in [3.63, 3.8) is 0 Å². The number of halogens is 1. The van der Waals surface area contributed by atoms with Crippen LogP contribution in [0.4, 0.5) is 5.82 Å². The average Bonchev–Trinajstić information content (AvgIpc) is 3.11. The Morgan fingerprint density at radius 2 is 2.14 bits per heavy atom. The summed E-state index contributed by atoms with van der Waals surface area (Å²) < 4.78 is 7.91. The Bertz CT molecular complexity index is 807. The van der Waals surface area contributed by atoms with Crippen LogP contribution in [-0.4, -0.2) is 15.7 Å². The number of amides is 1. The highest BCUT2D eigenvalue weighted by Gasteiger charge is 2.14. The lowest BCUT2D eigenvalue weighted by molar-refractivity contribution is 0.102. The first-order chi connectivity index (χ1) is 10.6. The minimum atomic E-state index is -0.208. The zero-order valence-electron chi connectivity index (χ0n) is 11.9. The monoisotopic (exact) mass is 359 g/mol. The molecular weight excluding hydrogens is 346 g/mol. The average molecular weight is 360 g/mol. The Morgan fingerprint density at radius 1 is 1.32 bits per heavy atom. The van der Waals surface area contributed by atoms with Crippen molar-refractivity contribution in [3.8, 4) is 0 Å². The number of anilines is 1. The van der Waals surface area contributed by atoms with E-state index >= 15 is 0 Å². The molecular formula is C16H14BrN3O2. The predicted octanol–water partition coefficient (Wildman–Crippen LogP) is 3.85. The smallest absolute Gasteiger partial charge is 0.260 e. The highest BCUT2D eigenvalue weighted by atomic mass is 79.9. The Balaban J connectivity index is 1.80. The van der Waals surface area contributed by atoms with Gasteiger partial charge in [0.05, 0.1) is 24.6 Å². The molecule has 5 nitrogen and oxygen atoms in total. The molecule has 0 saturated heterocycles. The molecule has 0 fully saturated rings. The second-order valence-electron chi connectivity index (χ2n) is 4.81. The molecule has 0 aliphatic rings. The van der Waals surface area contributed by atoms with Crippen molar-refractivity contribution in [2.75, 3.05) is 5.32 Å². The second kappa shape index (κ2) is 6.19. The Kier molecular flexibility index (Phi) is 4.11. The largest absolute Gasteiger partial charge is 0.469 e. The lowest BCUT2D eigenvalue weighted by Gasteiger charge is -2.10. The number of aryl methyl sites for hydroxylation is 1. The number of rotatable bonds is 4. The van der Waals surface area contributed by atoms with E-state index in [1.165, 1.54) is 6.26 Å². The Labute approximate surface area is 136 Å². The summed E-state index contributed by atoms with van der Waals surface area (Å²) in [6, 6.07) is 11.3. The minimum absolute atomic E-state index is 0.208. The molecule has 0 unspecified atom stereocenters. The van der Waals surface area contributed by atoms with Gasteiger partial charge in [-0.05, 0) is 24.6 Å². The van der Waals surface area contributed by atoms with Gasteiger partial charge in [0.1, 0.15) is 11.6 Å². The topological polar surface area (TPSA) is 60.1 Å². The van der Waals surface area contributed by atoms with Crippen LogP contribution >= 0.6 is 15.9 Å². The first kappa shape index (κ1) is 14.6. The van der Waals surface area contributed by atoms with Crippen molar-refractivity contribution in [1.29, 1.82) is 0 Å². The number of hydrogen-bond donors (Lipinski definition) is 1. The van der Waals surface area contributed by atoms with E-state index in [0.717, 1.165) is 10.0 Å². The van der Waals surface area contributed by atoms with E-state index in [9.17, 15) is 4.79 Å². The van der Waals surface area contributed by atoms with E-state index < -0.39 is 0 Å². The van der Waals surface area contributed by atoms with Crippen molar-refractivity contribution in [2.24, 2.45) is 0 Å². The Morgan fingerprint density at radius 3 is 2.86 bits per heavy atom. The molecule has 2 heterocycles. The van der Waals surface area contributed by atoms with Crippen LogP contribution in [0.15, 0.2) is 57.7 Å². The molecule has 22 heavy (non-hydrogen) atoms. The summed E-state index contributed by atoms with van der Waals surface area (Å²) in [6.45, 7) is 2.32. The van der Waals surface area contributed by atoms with Crippen LogP contribution in [0.1, 0.15) is 21.7 Å². The van der Waals surface area contributed by atoms with E-state index in [1.54, 1.807) is 29.9 Å². The predicted molar refractivity (Wildman–Crippen MR) is 86.9 cm³/mol. The zero-order valence-corrected chi connectivity index (χ0v) is 13.5. The normalized spacial score (nSPS) is 10.6. The fraction of sp³-hybridized carbons (Fsp3) is 0.125. The summed E-state index contributed by atoms with van der Waals surface area (Å²) in [6.07, 6.45) is 3.16. The van der Waals surface area contributed by atoms with Gasteiger partial charge in [-0.3, -0.25) is 4.79 Å². The highest BCUT2D eigenvalue weighted by Crippen LogP contribution is 2.19. The van der Waals surface area contributed by atoms with Crippen LogP contribution in [0.25, 0.3) is 0 Å². The van der Waals surface area contributed by atoms with Gasteiger partial charge >= 0.3 is 0 Å². The fourth-order valence-corrected chi connectivity index (χ4v) is 2.57. The van der Waals surface area contributed by atoms with Gasteiger partial charge in [-0.1, -0.05) is 34.1 Å². The summed E-state index contributed by atoms with van der Waals surface area (Å²) in [7, 11) is 0. The number of nitrogens with zero attached hydrogens (tertiary/aromatic N) is 2. The van der Waals surface area contributed by atoms with Crippen molar-refractivity contribution < 1.29 is 9.21 Å². The maximum absolute atomic E-state index is 12.2. The van der Waals surface area contributed by atoms with Crippen molar-refractivity contribution >= 4 is 27.7 Å². The van der Waals surface area contributed by atoms with E-state index in [2.05, 4.69) is 26.3 Å². The van der Waals surface area contributed by atoms with Gasteiger partial charge in [-0.15, -0.1) is 0 Å². The molecule has 6 heteroatoms. The van der Waals surface area contributed by atoms with Crippen LogP contribution in [0.5, 0.6) is 0 Å². The van der Waals surface area contributed by atoms with Gasteiger partial charge in [0.15, 0.2) is 0 Å². The van der Waals surface area contributed by atoms with Crippen molar-refractivity contribution in [2.45, 2.75) is 13.5 Å². The number of furan rings is 1. The molecule has 1 N–H and O–H groups in total. The number of carbonyl (C=O) groups excluding carboxylic acids is 1. The molecule has 112 valence electrons. The molecule has 3 aromatic rings. The second-order valence-corrected chi connectivity index (χ2v) is 5.66. The molecule has 0 saturated carbocycles. The molecule has 2 aromatic heterocycles. The minimum Gasteiger partial charge on any atom is -0.469 e. The van der Waals surface area contributed by atoms with Crippen LogP contribution in [0, 0.1) is 6.92 Å². The first-order valence-corrected chi connectivity index (χ1v) is 7.55. The summed E-state index contributed by atoms with van der Waals surface area (Å²) in [4.78, 5) is 12.2. The number of carbonyl (C=O) groups is 1. The van der Waals surface area contributed by atoms with Crippen molar-refractivity contribution in [3.05, 3.63) is 70.2 Å². The van der Waals surface area contributed by atoms with E-state index in [0.29, 0.717) is 23.7 Å². The van der Waals surface area contributed by atoms with Crippen LogP contribution < -0.4 is 5.32 Å². The van der Waals surface area contributed by atoms with Gasteiger partial charge in [0.2, 0.25) is 0 Å². The van der Waals surface area contributed by atoms with Crippen LogP contribution in [-0.2, 0) is 6.54 Å². The van der Waals surface area contributed by atoms with Gasteiger partial charge in [-0.25, -0.2) is 4.68 Å². The van der Waals surface area contributed by atoms with Gasteiger partial charge in [0.25, 0.3) is 5.91 Å². The third-order valence-electron chi connectivity index (χ3n) is 3.34. The maximum atomic E-state index is 12.2. The lowest BCUT2D eigenvalue weighted by Crippen LogP contribution is -2.16. The number of nitrogens with one attached hydrogen (secondary N) is 1. The maximum Gasteiger partial charge on any atom is 0.260 e. The molecule has 0 atom stereocenters. The zero-order chi connectivity index (χ0) is 15.5. The summed E-state index contributed by atoms with van der Waals surface area (Å²) in [5, 5.41) is 7.13. The molecule has 0 aliphatic carbocycles. The third-order valence-corrected chi connectivity index (χ3v) is 4.11. The molecule has 1 amide bonds. The number of benzene rings is 1. The molecule has 1 aromatic carbocycles. The molecule has 3 rings (SSSR count). The standard InChI is InChI=1S/C16H14BrN3O2/c1-11-13(7-9-22-11)16(21)19-15-6-8-18-20(15)10-12-4-2-3-5-14(12)17/h2-9H,10H2,1H3,(H,19,21). The lowest BCUT2D eigenvalue weighted by atomic mass is 10.2. The van der Waals surface area contributed by atoms with Gasteiger partial charge in [-0.2, -0.15) is 5.10 Å².